The van der Waals surface area contributed by atoms with Gasteiger partial charge in [-0.1, -0.05) is 47.5 Å². The lowest BCUT2D eigenvalue weighted by Gasteiger charge is -2.25. The molecule has 4 aromatic carbocycles. The number of methoxy groups -OCH3 is 2. The zero-order chi connectivity index (χ0) is 29.6. The highest BCUT2D eigenvalue weighted by Gasteiger charge is 2.29. The molecule has 4 rings (SSSR count). The minimum absolute atomic E-state index is 0.00623. The molecule has 214 valence electrons. The van der Waals surface area contributed by atoms with Gasteiger partial charge in [-0.15, -0.1) is 11.8 Å². The van der Waals surface area contributed by atoms with E-state index in [0.717, 1.165) is 26.9 Å². The van der Waals surface area contributed by atoms with Crippen molar-refractivity contribution in [1.82, 2.24) is 0 Å². The molecule has 0 aliphatic rings. The number of anilines is 2. The number of carbonyl (C=O) groups excluding carboxylic acids is 1. The molecule has 0 aromatic heterocycles. The standard InChI is InChI=1S/C29H25Cl2FN2O5S2/c1-38-26-14-12-22(16-27(26)39-2)41(36,37)34(21-11-13-24(32)23(31)15-21)17-29(35)33-25-5-3-4-6-28(25)40-18-19-7-9-20(30)10-8-19/h3-16H,17-18H2,1-2H3,(H,33,35). The van der Waals surface area contributed by atoms with Crippen molar-refractivity contribution in [2.45, 2.75) is 15.5 Å². The van der Waals surface area contributed by atoms with Gasteiger partial charge in [0.15, 0.2) is 11.5 Å². The number of hydrogen-bond acceptors (Lipinski definition) is 6. The number of benzene rings is 4. The van der Waals surface area contributed by atoms with Crippen molar-refractivity contribution >= 4 is 62.3 Å². The van der Waals surface area contributed by atoms with E-state index in [1.165, 1.54) is 50.2 Å². The molecule has 7 nitrogen and oxygen atoms in total. The molecule has 12 heteroatoms. The Morgan fingerprint density at radius 2 is 1.63 bits per heavy atom. The SMILES string of the molecule is COc1ccc(S(=O)(=O)N(CC(=O)Nc2ccccc2SCc2ccc(Cl)cc2)c2ccc(F)c(Cl)c2)cc1OC. The zero-order valence-corrected chi connectivity index (χ0v) is 25.1. The van der Waals surface area contributed by atoms with Crippen LogP contribution in [0.15, 0.2) is 94.7 Å². The third-order valence-electron chi connectivity index (χ3n) is 5.89. The summed E-state index contributed by atoms with van der Waals surface area (Å²) in [5.41, 5.74) is 1.56. The van der Waals surface area contributed by atoms with Crippen molar-refractivity contribution in [2.75, 3.05) is 30.4 Å². The molecule has 0 atom stereocenters. The Labute approximate surface area is 252 Å². The van der Waals surface area contributed by atoms with Gasteiger partial charge in [0.05, 0.1) is 35.5 Å². The van der Waals surface area contributed by atoms with Crippen LogP contribution in [0.5, 0.6) is 11.5 Å². The molecule has 0 unspecified atom stereocenters. The predicted molar refractivity (Wildman–Crippen MR) is 162 cm³/mol. The number of amides is 1. The lowest BCUT2D eigenvalue weighted by Crippen LogP contribution is -2.38. The van der Waals surface area contributed by atoms with Crippen molar-refractivity contribution in [3.63, 3.8) is 0 Å². The van der Waals surface area contributed by atoms with E-state index in [1.54, 1.807) is 24.3 Å². The third-order valence-corrected chi connectivity index (χ3v) is 9.35. The quantitative estimate of drug-likeness (QED) is 0.175. The number of para-hydroxylation sites is 1. The molecule has 0 saturated heterocycles. The minimum Gasteiger partial charge on any atom is -0.493 e. The van der Waals surface area contributed by atoms with Crippen molar-refractivity contribution in [3.05, 3.63) is 106 Å². The van der Waals surface area contributed by atoms with E-state index in [9.17, 15) is 17.6 Å². The number of halogens is 3. The fourth-order valence-electron chi connectivity index (χ4n) is 3.82. The Morgan fingerprint density at radius 3 is 2.32 bits per heavy atom. The lowest BCUT2D eigenvalue weighted by atomic mass is 10.2. The zero-order valence-electron chi connectivity index (χ0n) is 21.9. The van der Waals surface area contributed by atoms with Gasteiger partial charge in [-0.05, 0) is 60.2 Å². The summed E-state index contributed by atoms with van der Waals surface area (Å²) >= 11 is 13.5. The van der Waals surface area contributed by atoms with E-state index in [1.807, 2.05) is 24.3 Å². The molecule has 0 radical (unpaired) electrons. The van der Waals surface area contributed by atoms with Crippen LogP contribution in [0.25, 0.3) is 0 Å². The molecule has 0 heterocycles. The average molecular weight is 636 g/mol. The number of thioether (sulfide) groups is 1. The maximum absolute atomic E-state index is 14.0. The first-order chi connectivity index (χ1) is 19.6. The highest BCUT2D eigenvalue weighted by atomic mass is 35.5. The highest BCUT2D eigenvalue weighted by Crippen LogP contribution is 2.34. The molecule has 0 spiro atoms. The summed E-state index contributed by atoms with van der Waals surface area (Å²) in [6.45, 7) is -0.616. The number of nitrogens with one attached hydrogen (secondary N) is 1. The summed E-state index contributed by atoms with van der Waals surface area (Å²) in [5.74, 6) is -0.211. The fourth-order valence-corrected chi connectivity index (χ4v) is 6.51. The van der Waals surface area contributed by atoms with Crippen LogP contribution in [0, 0.1) is 5.82 Å². The second-order valence-electron chi connectivity index (χ2n) is 8.59. The molecule has 0 bridgehead atoms. The molecule has 0 aliphatic heterocycles. The molecule has 1 amide bonds. The predicted octanol–water partition coefficient (Wildman–Crippen LogP) is 7.28. The number of carbonyl (C=O) groups is 1. The van der Waals surface area contributed by atoms with Gasteiger partial charge in [0.1, 0.15) is 12.4 Å². The van der Waals surface area contributed by atoms with Gasteiger partial charge in [0.25, 0.3) is 10.0 Å². The van der Waals surface area contributed by atoms with E-state index in [0.29, 0.717) is 22.2 Å². The van der Waals surface area contributed by atoms with Crippen LogP contribution in [-0.4, -0.2) is 35.1 Å². The van der Waals surface area contributed by atoms with Crippen LogP contribution in [0.1, 0.15) is 5.56 Å². The van der Waals surface area contributed by atoms with Crippen molar-refractivity contribution in [2.24, 2.45) is 0 Å². The molecular formula is C29H25Cl2FN2O5S2. The van der Waals surface area contributed by atoms with Crippen LogP contribution >= 0.6 is 35.0 Å². The molecule has 1 N–H and O–H groups in total. The smallest absolute Gasteiger partial charge is 0.264 e. The van der Waals surface area contributed by atoms with Crippen molar-refractivity contribution in [1.29, 1.82) is 0 Å². The maximum atomic E-state index is 14.0. The van der Waals surface area contributed by atoms with E-state index in [4.69, 9.17) is 32.7 Å². The number of sulfonamides is 1. The minimum atomic E-state index is -4.35. The Bertz CT molecular complexity index is 1650. The number of nitrogens with zero attached hydrogens (tertiary/aromatic N) is 1. The third kappa shape index (κ3) is 7.45. The Balaban J connectivity index is 1.62. The molecule has 4 aromatic rings. The van der Waals surface area contributed by atoms with Crippen LogP contribution in [0.2, 0.25) is 10.0 Å². The highest BCUT2D eigenvalue weighted by molar-refractivity contribution is 7.98. The monoisotopic (exact) mass is 634 g/mol. The average Bonchev–Trinajstić information content (AvgIpc) is 2.97. The normalized spacial score (nSPS) is 11.1. The van der Waals surface area contributed by atoms with E-state index in [-0.39, 0.29) is 21.4 Å². The van der Waals surface area contributed by atoms with Crippen LogP contribution < -0.4 is 19.1 Å². The maximum Gasteiger partial charge on any atom is 0.264 e. The van der Waals surface area contributed by atoms with Crippen molar-refractivity contribution in [3.8, 4) is 11.5 Å². The summed E-state index contributed by atoms with van der Waals surface area (Å²) in [6.07, 6.45) is 0. The summed E-state index contributed by atoms with van der Waals surface area (Å²) in [7, 11) is -1.55. The van der Waals surface area contributed by atoms with Gasteiger partial charge in [0, 0.05) is 21.7 Å². The largest absolute Gasteiger partial charge is 0.493 e. The Morgan fingerprint density at radius 1 is 0.927 bits per heavy atom. The Hall–Kier alpha value is -3.44. The van der Waals surface area contributed by atoms with Gasteiger partial charge in [-0.25, -0.2) is 12.8 Å². The van der Waals surface area contributed by atoms with Gasteiger partial charge < -0.3 is 14.8 Å². The molecule has 0 aliphatic carbocycles. The topological polar surface area (TPSA) is 84.9 Å². The first-order valence-corrected chi connectivity index (χ1v) is 15.3. The lowest BCUT2D eigenvalue weighted by molar-refractivity contribution is -0.114. The summed E-state index contributed by atoms with van der Waals surface area (Å²) < 4.78 is 53.0. The Kier molecular flexibility index (Phi) is 10.0. The number of rotatable bonds is 11. The first-order valence-electron chi connectivity index (χ1n) is 12.1. The first kappa shape index (κ1) is 30.5. The van der Waals surface area contributed by atoms with Gasteiger partial charge in [0.2, 0.25) is 5.91 Å². The summed E-state index contributed by atoms with van der Waals surface area (Å²) in [6, 6.07) is 22.1. The van der Waals surface area contributed by atoms with E-state index >= 15 is 0 Å². The summed E-state index contributed by atoms with van der Waals surface area (Å²) in [4.78, 5) is 13.9. The second kappa shape index (κ2) is 13.5. The summed E-state index contributed by atoms with van der Waals surface area (Å²) in [5, 5.41) is 3.16. The number of ether oxygens (including phenoxy) is 2. The fraction of sp³-hybridized carbons (Fsp3) is 0.138. The van der Waals surface area contributed by atoms with Crippen LogP contribution in [0.4, 0.5) is 15.8 Å². The second-order valence-corrected chi connectivity index (χ2v) is 12.3. The number of hydrogen-bond donors (Lipinski definition) is 1. The molecular weight excluding hydrogens is 610 g/mol. The van der Waals surface area contributed by atoms with Gasteiger partial charge in [-0.3, -0.25) is 9.10 Å². The van der Waals surface area contributed by atoms with Gasteiger partial charge in [-0.2, -0.15) is 0 Å². The van der Waals surface area contributed by atoms with Crippen molar-refractivity contribution < 1.29 is 27.1 Å². The molecule has 41 heavy (non-hydrogen) atoms. The molecule has 0 fully saturated rings. The van der Waals surface area contributed by atoms with Crippen LogP contribution in [-0.2, 0) is 20.6 Å². The van der Waals surface area contributed by atoms with E-state index in [2.05, 4.69) is 5.32 Å². The van der Waals surface area contributed by atoms with Crippen LogP contribution in [0.3, 0.4) is 0 Å². The van der Waals surface area contributed by atoms with E-state index < -0.39 is 28.3 Å². The van der Waals surface area contributed by atoms with Gasteiger partial charge >= 0.3 is 0 Å². The molecule has 0 saturated carbocycles.